The van der Waals surface area contributed by atoms with Gasteiger partial charge < -0.3 is 16.0 Å². The van der Waals surface area contributed by atoms with Gasteiger partial charge in [0.15, 0.2) is 0 Å². The Kier molecular flexibility index (Phi) is 5.31. The van der Waals surface area contributed by atoms with Crippen molar-refractivity contribution in [1.82, 2.24) is 10.6 Å². The molecule has 1 aliphatic heterocycles. The Morgan fingerprint density at radius 2 is 2.21 bits per heavy atom. The minimum Gasteiger partial charge on any atom is -0.338 e. The first kappa shape index (κ1) is 14.4. The SMILES string of the molecule is O=C(NCC1CCCNC1)Nc1ccc(Cl)c(Cl)c1. The Hall–Kier alpha value is -0.970. The third kappa shape index (κ3) is 4.56. The Balaban J connectivity index is 1.78. The predicted octanol–water partition coefficient (Wildman–Crippen LogP) is 3.11. The summed E-state index contributed by atoms with van der Waals surface area (Å²) >= 11 is 11.7. The van der Waals surface area contributed by atoms with E-state index >= 15 is 0 Å². The zero-order valence-electron chi connectivity index (χ0n) is 10.5. The number of hydrogen-bond donors (Lipinski definition) is 3. The molecule has 1 atom stereocenters. The summed E-state index contributed by atoms with van der Waals surface area (Å²) in [6.07, 6.45) is 2.32. The van der Waals surface area contributed by atoms with E-state index in [1.165, 1.54) is 6.42 Å². The normalized spacial score (nSPS) is 18.9. The number of urea groups is 1. The van der Waals surface area contributed by atoms with E-state index in [0.29, 0.717) is 28.2 Å². The van der Waals surface area contributed by atoms with Crippen LogP contribution in [0.1, 0.15) is 12.8 Å². The molecule has 1 aromatic carbocycles. The maximum absolute atomic E-state index is 11.7. The molecule has 1 saturated heterocycles. The fraction of sp³-hybridized carbons (Fsp3) is 0.462. The number of halogens is 2. The number of rotatable bonds is 3. The average Bonchev–Trinajstić information content (AvgIpc) is 2.42. The van der Waals surface area contributed by atoms with Crippen molar-refractivity contribution >= 4 is 34.9 Å². The number of hydrogen-bond acceptors (Lipinski definition) is 2. The first-order valence-corrected chi connectivity index (χ1v) is 7.11. The molecular weight excluding hydrogens is 285 g/mol. The van der Waals surface area contributed by atoms with Gasteiger partial charge in [-0.1, -0.05) is 23.2 Å². The summed E-state index contributed by atoms with van der Waals surface area (Å²) in [4.78, 5) is 11.7. The molecule has 19 heavy (non-hydrogen) atoms. The molecule has 3 N–H and O–H groups in total. The summed E-state index contributed by atoms with van der Waals surface area (Å²) in [5.74, 6) is 0.508. The molecule has 6 heteroatoms. The molecule has 4 nitrogen and oxygen atoms in total. The van der Waals surface area contributed by atoms with Crippen LogP contribution in [0.3, 0.4) is 0 Å². The number of amides is 2. The molecule has 2 rings (SSSR count). The van der Waals surface area contributed by atoms with Gasteiger partial charge in [0, 0.05) is 12.2 Å². The van der Waals surface area contributed by atoms with Crippen LogP contribution in [0.4, 0.5) is 10.5 Å². The van der Waals surface area contributed by atoms with E-state index in [-0.39, 0.29) is 6.03 Å². The molecule has 1 heterocycles. The van der Waals surface area contributed by atoms with Crippen molar-refractivity contribution in [2.75, 3.05) is 25.0 Å². The van der Waals surface area contributed by atoms with Crippen molar-refractivity contribution in [3.8, 4) is 0 Å². The average molecular weight is 302 g/mol. The lowest BCUT2D eigenvalue weighted by atomic mass is 10.00. The van der Waals surface area contributed by atoms with Crippen molar-refractivity contribution in [1.29, 1.82) is 0 Å². The number of benzene rings is 1. The lowest BCUT2D eigenvalue weighted by Crippen LogP contribution is -2.39. The van der Waals surface area contributed by atoms with Gasteiger partial charge in [-0.15, -0.1) is 0 Å². The topological polar surface area (TPSA) is 53.2 Å². The minimum absolute atomic E-state index is 0.219. The van der Waals surface area contributed by atoms with Crippen molar-refractivity contribution in [3.05, 3.63) is 28.2 Å². The van der Waals surface area contributed by atoms with Crippen LogP contribution in [-0.4, -0.2) is 25.7 Å². The molecule has 1 unspecified atom stereocenters. The van der Waals surface area contributed by atoms with Crippen molar-refractivity contribution in [2.24, 2.45) is 5.92 Å². The minimum atomic E-state index is -0.219. The first-order valence-electron chi connectivity index (χ1n) is 6.36. The maximum Gasteiger partial charge on any atom is 0.319 e. The molecule has 0 saturated carbocycles. The van der Waals surface area contributed by atoms with E-state index in [1.807, 2.05) is 0 Å². The van der Waals surface area contributed by atoms with Crippen LogP contribution in [0.2, 0.25) is 10.0 Å². The Morgan fingerprint density at radius 3 is 2.89 bits per heavy atom. The van der Waals surface area contributed by atoms with Gasteiger partial charge in [-0.25, -0.2) is 4.79 Å². The highest BCUT2D eigenvalue weighted by Gasteiger charge is 2.13. The van der Waals surface area contributed by atoms with E-state index in [9.17, 15) is 4.79 Å². The summed E-state index contributed by atoms with van der Waals surface area (Å²) in [6.45, 7) is 2.72. The van der Waals surface area contributed by atoms with Gasteiger partial charge in [-0.05, 0) is 50.0 Å². The molecule has 0 aliphatic carbocycles. The number of carbonyl (C=O) groups is 1. The Morgan fingerprint density at radius 1 is 1.37 bits per heavy atom. The second kappa shape index (κ2) is 6.98. The molecule has 0 bridgehead atoms. The largest absolute Gasteiger partial charge is 0.338 e. The van der Waals surface area contributed by atoms with Crippen LogP contribution in [0, 0.1) is 5.92 Å². The lowest BCUT2D eigenvalue weighted by Gasteiger charge is -2.22. The first-order chi connectivity index (χ1) is 9.15. The number of piperidine rings is 1. The van der Waals surface area contributed by atoms with E-state index in [1.54, 1.807) is 18.2 Å². The van der Waals surface area contributed by atoms with Crippen molar-refractivity contribution in [2.45, 2.75) is 12.8 Å². The molecule has 0 spiro atoms. The predicted molar refractivity (Wildman–Crippen MR) is 79.1 cm³/mol. The monoisotopic (exact) mass is 301 g/mol. The second-order valence-electron chi connectivity index (χ2n) is 4.68. The molecule has 2 amide bonds. The van der Waals surface area contributed by atoms with Crippen LogP contribution >= 0.6 is 23.2 Å². The van der Waals surface area contributed by atoms with Crippen LogP contribution in [0.5, 0.6) is 0 Å². The standard InChI is InChI=1S/C13H17Cl2N3O/c14-11-4-3-10(6-12(11)15)18-13(19)17-8-9-2-1-5-16-7-9/h3-4,6,9,16H,1-2,5,7-8H2,(H2,17,18,19). The maximum atomic E-state index is 11.7. The summed E-state index contributed by atoms with van der Waals surface area (Å²) in [5.41, 5.74) is 0.633. The molecule has 104 valence electrons. The van der Waals surface area contributed by atoms with Crippen molar-refractivity contribution in [3.63, 3.8) is 0 Å². The van der Waals surface area contributed by atoms with Gasteiger partial charge in [0.05, 0.1) is 10.0 Å². The van der Waals surface area contributed by atoms with Crippen LogP contribution in [0.15, 0.2) is 18.2 Å². The summed E-state index contributed by atoms with van der Waals surface area (Å²) in [7, 11) is 0. The van der Waals surface area contributed by atoms with Crippen LogP contribution < -0.4 is 16.0 Å². The molecule has 1 aliphatic rings. The zero-order valence-corrected chi connectivity index (χ0v) is 12.0. The third-order valence-electron chi connectivity index (χ3n) is 3.13. The fourth-order valence-electron chi connectivity index (χ4n) is 2.08. The highest BCUT2D eigenvalue weighted by atomic mass is 35.5. The number of carbonyl (C=O) groups excluding carboxylic acids is 1. The molecular formula is C13H17Cl2N3O. The van der Waals surface area contributed by atoms with Gasteiger partial charge in [0.1, 0.15) is 0 Å². The van der Waals surface area contributed by atoms with E-state index in [4.69, 9.17) is 23.2 Å². The highest BCUT2D eigenvalue weighted by Crippen LogP contribution is 2.24. The summed E-state index contributed by atoms with van der Waals surface area (Å²) < 4.78 is 0. The van der Waals surface area contributed by atoms with Gasteiger partial charge in [0.2, 0.25) is 0 Å². The molecule has 1 aromatic rings. The number of anilines is 1. The summed E-state index contributed by atoms with van der Waals surface area (Å²) in [6, 6.07) is 4.79. The zero-order chi connectivity index (χ0) is 13.7. The quantitative estimate of drug-likeness (QED) is 0.803. The highest BCUT2D eigenvalue weighted by molar-refractivity contribution is 6.42. The molecule has 1 fully saturated rings. The fourth-order valence-corrected chi connectivity index (χ4v) is 2.38. The van der Waals surface area contributed by atoms with Gasteiger partial charge in [0.25, 0.3) is 0 Å². The smallest absolute Gasteiger partial charge is 0.319 e. The van der Waals surface area contributed by atoms with E-state index < -0.39 is 0 Å². The Bertz CT molecular complexity index is 448. The molecule has 0 radical (unpaired) electrons. The van der Waals surface area contributed by atoms with Gasteiger partial charge in [-0.3, -0.25) is 0 Å². The van der Waals surface area contributed by atoms with Crippen LogP contribution in [-0.2, 0) is 0 Å². The van der Waals surface area contributed by atoms with E-state index in [0.717, 1.165) is 19.5 Å². The Labute approximate surface area is 122 Å². The van der Waals surface area contributed by atoms with E-state index in [2.05, 4.69) is 16.0 Å². The van der Waals surface area contributed by atoms with Gasteiger partial charge >= 0.3 is 6.03 Å². The van der Waals surface area contributed by atoms with Crippen molar-refractivity contribution < 1.29 is 4.79 Å². The third-order valence-corrected chi connectivity index (χ3v) is 3.87. The molecule has 0 aromatic heterocycles. The second-order valence-corrected chi connectivity index (χ2v) is 5.49. The van der Waals surface area contributed by atoms with Crippen LogP contribution in [0.25, 0.3) is 0 Å². The van der Waals surface area contributed by atoms with Gasteiger partial charge in [-0.2, -0.15) is 0 Å². The number of nitrogens with one attached hydrogen (secondary N) is 3. The summed E-state index contributed by atoms with van der Waals surface area (Å²) in [5, 5.41) is 9.82. The lowest BCUT2D eigenvalue weighted by molar-refractivity contribution is 0.248.